The summed E-state index contributed by atoms with van der Waals surface area (Å²) in [7, 11) is 0. The Morgan fingerprint density at radius 2 is 1.74 bits per heavy atom. The first kappa shape index (κ1) is 22.7. The fourth-order valence-electron chi connectivity index (χ4n) is 4.03. The monoisotopic (exact) mass is 427 g/mol. The molecular weight excluding hydrogens is 400 g/mol. The molecule has 0 radical (unpaired) electrons. The van der Waals surface area contributed by atoms with Gasteiger partial charge in [0.2, 0.25) is 5.91 Å². The zero-order valence-electron chi connectivity index (χ0n) is 18.5. The second kappa shape index (κ2) is 9.00. The molecule has 1 heterocycles. The molecule has 2 aromatic carbocycles. The molecule has 2 aromatic rings. The van der Waals surface area contributed by atoms with Gasteiger partial charge >= 0.3 is 5.97 Å². The van der Waals surface area contributed by atoms with Crippen LogP contribution >= 0.6 is 0 Å². The van der Waals surface area contributed by atoms with E-state index in [1.165, 1.54) is 17.0 Å². The summed E-state index contributed by atoms with van der Waals surface area (Å²) in [5, 5.41) is 0. The van der Waals surface area contributed by atoms with Crippen molar-refractivity contribution in [3.8, 4) is 0 Å². The largest absolute Gasteiger partial charge is 0.460 e. The van der Waals surface area contributed by atoms with E-state index >= 15 is 0 Å². The van der Waals surface area contributed by atoms with E-state index in [0.29, 0.717) is 16.8 Å². The number of carbonyl (C=O) groups is 2. The summed E-state index contributed by atoms with van der Waals surface area (Å²) in [6.45, 7) is 9.09. The summed E-state index contributed by atoms with van der Waals surface area (Å²) >= 11 is 0. The lowest BCUT2D eigenvalue weighted by molar-refractivity contribution is -0.143. The fraction of sp³-hybridized carbons (Fsp3) is 0.360. The van der Waals surface area contributed by atoms with Crippen LogP contribution in [0.5, 0.6) is 0 Å². The number of nitrogens with zero attached hydrogens (tertiary/aromatic N) is 1. The summed E-state index contributed by atoms with van der Waals surface area (Å²) in [6.07, 6.45) is -0.252. The Morgan fingerprint density at radius 3 is 2.35 bits per heavy atom. The van der Waals surface area contributed by atoms with Crippen molar-refractivity contribution in [2.45, 2.75) is 59.6 Å². The van der Waals surface area contributed by atoms with Crippen LogP contribution in [0, 0.1) is 25.5 Å². The van der Waals surface area contributed by atoms with Crippen molar-refractivity contribution < 1.29 is 23.1 Å². The van der Waals surface area contributed by atoms with Crippen molar-refractivity contribution in [1.82, 2.24) is 4.90 Å². The molecule has 0 fully saturated rings. The van der Waals surface area contributed by atoms with Crippen LogP contribution in [0.4, 0.5) is 8.78 Å². The van der Waals surface area contributed by atoms with E-state index in [9.17, 15) is 18.4 Å². The molecule has 31 heavy (non-hydrogen) atoms. The molecule has 3 rings (SSSR count). The van der Waals surface area contributed by atoms with Gasteiger partial charge in [0.15, 0.2) is 0 Å². The van der Waals surface area contributed by atoms with Crippen LogP contribution in [0.25, 0.3) is 0 Å². The molecular formula is C25H27F2NO3. The number of esters is 1. The van der Waals surface area contributed by atoms with Crippen LogP contribution in [0.1, 0.15) is 55.4 Å². The Kier molecular flexibility index (Phi) is 6.58. The molecule has 0 bridgehead atoms. The van der Waals surface area contributed by atoms with E-state index in [2.05, 4.69) is 0 Å². The molecule has 0 N–H and O–H groups in total. The first-order chi connectivity index (χ1) is 14.6. The summed E-state index contributed by atoms with van der Waals surface area (Å²) in [5.41, 5.74) is 4.06. The average molecular weight is 427 g/mol. The molecule has 6 heteroatoms. The van der Waals surface area contributed by atoms with Crippen molar-refractivity contribution in [2.24, 2.45) is 0 Å². The topological polar surface area (TPSA) is 46.6 Å². The predicted octanol–water partition coefficient (Wildman–Crippen LogP) is 5.32. The van der Waals surface area contributed by atoms with Crippen molar-refractivity contribution in [2.75, 3.05) is 0 Å². The normalized spacial score (nSPS) is 16.8. The van der Waals surface area contributed by atoms with Crippen LogP contribution in [0.3, 0.4) is 0 Å². The number of allylic oxidation sites excluding steroid dienone is 1. The lowest BCUT2D eigenvalue weighted by atomic mass is 9.81. The van der Waals surface area contributed by atoms with Crippen LogP contribution < -0.4 is 0 Å². The highest BCUT2D eigenvalue weighted by Gasteiger charge is 2.37. The maximum Gasteiger partial charge on any atom is 0.336 e. The Morgan fingerprint density at radius 1 is 1.10 bits per heavy atom. The summed E-state index contributed by atoms with van der Waals surface area (Å²) in [6, 6.07) is 9.10. The number of hydrogen-bond acceptors (Lipinski definition) is 3. The van der Waals surface area contributed by atoms with Gasteiger partial charge in [0, 0.05) is 24.1 Å². The van der Waals surface area contributed by atoms with Gasteiger partial charge in [0.25, 0.3) is 0 Å². The predicted molar refractivity (Wildman–Crippen MR) is 114 cm³/mol. The number of rotatable bonds is 5. The highest BCUT2D eigenvalue weighted by atomic mass is 19.1. The summed E-state index contributed by atoms with van der Waals surface area (Å²) in [5.74, 6) is -2.57. The molecule has 0 saturated heterocycles. The lowest BCUT2D eigenvalue weighted by Crippen LogP contribution is -2.38. The van der Waals surface area contributed by atoms with Crippen molar-refractivity contribution in [3.63, 3.8) is 0 Å². The molecule has 0 unspecified atom stereocenters. The van der Waals surface area contributed by atoms with Crippen molar-refractivity contribution >= 4 is 11.9 Å². The first-order valence-electron chi connectivity index (χ1n) is 10.3. The fourth-order valence-corrected chi connectivity index (χ4v) is 4.03. The van der Waals surface area contributed by atoms with Gasteiger partial charge in [-0.05, 0) is 63.4 Å². The highest BCUT2D eigenvalue weighted by Crippen LogP contribution is 2.39. The second-order valence-corrected chi connectivity index (χ2v) is 8.33. The van der Waals surface area contributed by atoms with Crippen LogP contribution in [0.2, 0.25) is 0 Å². The molecule has 0 aromatic heterocycles. The Hall–Kier alpha value is -3.02. The highest BCUT2D eigenvalue weighted by molar-refractivity contribution is 5.96. The summed E-state index contributed by atoms with van der Waals surface area (Å²) in [4.78, 5) is 27.6. The maximum atomic E-state index is 13.7. The molecule has 164 valence electrons. The van der Waals surface area contributed by atoms with Crippen LogP contribution in [-0.4, -0.2) is 22.9 Å². The second-order valence-electron chi connectivity index (χ2n) is 8.33. The standard InChI is InChI=1S/C25H27F2NO3/c1-14(2)31-25(30)24-17(5)28(13-18-9-19(26)11-20(27)10-18)23(29)12-22(24)21-8-15(3)6-7-16(21)4/h6-11,14,22H,12-13H2,1-5H3/t22-/m0/s1. The smallest absolute Gasteiger partial charge is 0.336 e. The molecule has 1 atom stereocenters. The Labute approximate surface area is 181 Å². The lowest BCUT2D eigenvalue weighted by Gasteiger charge is -2.35. The van der Waals surface area contributed by atoms with E-state index in [4.69, 9.17) is 4.74 Å². The quantitative estimate of drug-likeness (QED) is 0.607. The van der Waals surface area contributed by atoms with Crippen LogP contribution in [-0.2, 0) is 20.9 Å². The molecule has 0 saturated carbocycles. The third kappa shape index (κ3) is 5.01. The molecule has 4 nitrogen and oxygen atoms in total. The van der Waals surface area contributed by atoms with Gasteiger partial charge in [0.05, 0.1) is 18.2 Å². The van der Waals surface area contributed by atoms with Crippen LogP contribution in [0.15, 0.2) is 47.7 Å². The Bertz CT molecular complexity index is 1040. The molecule has 0 spiro atoms. The number of halogens is 2. The Balaban J connectivity index is 2.09. The molecule has 1 aliphatic heterocycles. The van der Waals surface area contributed by atoms with Gasteiger partial charge in [0.1, 0.15) is 11.6 Å². The van der Waals surface area contributed by atoms with E-state index in [0.717, 1.165) is 22.8 Å². The van der Waals surface area contributed by atoms with Crippen molar-refractivity contribution in [1.29, 1.82) is 0 Å². The zero-order chi connectivity index (χ0) is 22.9. The molecule has 1 aliphatic rings. The number of amides is 1. The number of benzene rings is 2. The van der Waals surface area contributed by atoms with Crippen molar-refractivity contribution in [3.05, 3.63) is 81.6 Å². The third-order valence-electron chi connectivity index (χ3n) is 5.46. The summed E-state index contributed by atoms with van der Waals surface area (Å²) < 4.78 is 32.8. The van der Waals surface area contributed by atoms with E-state index < -0.39 is 23.5 Å². The van der Waals surface area contributed by atoms with Gasteiger partial charge in [-0.2, -0.15) is 0 Å². The number of carbonyl (C=O) groups excluding carboxylic acids is 2. The first-order valence-corrected chi connectivity index (χ1v) is 10.3. The third-order valence-corrected chi connectivity index (χ3v) is 5.46. The van der Waals surface area contributed by atoms with Gasteiger partial charge < -0.3 is 9.64 Å². The van der Waals surface area contributed by atoms with E-state index in [-0.39, 0.29) is 25.0 Å². The molecule has 0 aliphatic carbocycles. The van der Waals surface area contributed by atoms with Gasteiger partial charge in [-0.25, -0.2) is 13.6 Å². The number of ether oxygens (including phenoxy) is 1. The minimum atomic E-state index is -0.714. The van der Waals surface area contributed by atoms with Gasteiger partial charge in [-0.1, -0.05) is 23.8 Å². The minimum Gasteiger partial charge on any atom is -0.460 e. The SMILES string of the molecule is CC1=C(C(=O)OC(C)C)[C@H](c2cc(C)ccc2C)CC(=O)N1Cc1cc(F)cc(F)c1. The number of hydrogen-bond donors (Lipinski definition) is 0. The average Bonchev–Trinajstić information content (AvgIpc) is 2.65. The van der Waals surface area contributed by atoms with E-state index in [1.807, 2.05) is 32.0 Å². The minimum absolute atomic E-state index is 0.0304. The van der Waals surface area contributed by atoms with E-state index in [1.54, 1.807) is 20.8 Å². The zero-order valence-corrected chi connectivity index (χ0v) is 18.5. The number of aryl methyl sites for hydroxylation is 2. The maximum absolute atomic E-state index is 13.7. The van der Waals surface area contributed by atoms with Gasteiger partial charge in [-0.3, -0.25) is 4.79 Å². The van der Waals surface area contributed by atoms with Gasteiger partial charge in [-0.15, -0.1) is 0 Å². The molecule has 1 amide bonds.